The Kier molecular flexibility index (Phi) is 11.1. The van der Waals surface area contributed by atoms with E-state index < -0.39 is 106 Å². The molecular weight excluding hydrogens is 472 g/mol. The lowest BCUT2D eigenvalue weighted by Gasteiger charge is -2.46. The number of carbonyl (C=O) groups excluding carboxylic acids is 1. The molecule has 2 heterocycles. The zero-order valence-electron chi connectivity index (χ0n) is 17.7. The maximum Gasteiger partial charge on any atom is 0.187 e. The summed E-state index contributed by atoms with van der Waals surface area (Å²) >= 11 is 0. The van der Waals surface area contributed by atoms with Crippen molar-refractivity contribution in [3.8, 4) is 0 Å². The largest absolute Gasteiger partial charge is 0.394 e. The van der Waals surface area contributed by atoms with Crippen molar-refractivity contribution in [3.63, 3.8) is 0 Å². The van der Waals surface area contributed by atoms with E-state index >= 15 is 0 Å². The number of hydrogen-bond donors (Lipinski definition) is 11. The predicted molar refractivity (Wildman–Crippen MR) is 102 cm³/mol. The van der Waals surface area contributed by atoms with Crippen molar-refractivity contribution in [1.82, 2.24) is 0 Å². The van der Waals surface area contributed by atoms with Crippen LogP contribution in [-0.4, -0.2) is 168 Å². The van der Waals surface area contributed by atoms with Gasteiger partial charge >= 0.3 is 0 Å². The summed E-state index contributed by atoms with van der Waals surface area (Å²) in [5.74, 6) is 0. The number of rotatable bonds is 11. The lowest BCUT2D eigenvalue weighted by atomic mass is 9.96. The van der Waals surface area contributed by atoms with Crippen LogP contribution in [0.1, 0.15) is 0 Å². The second-order valence-electron chi connectivity index (χ2n) is 7.97. The van der Waals surface area contributed by atoms with E-state index in [0.29, 0.717) is 0 Å². The van der Waals surface area contributed by atoms with E-state index in [2.05, 4.69) is 0 Å². The fourth-order valence-electron chi connectivity index (χ4n) is 3.60. The van der Waals surface area contributed by atoms with Gasteiger partial charge in [-0.3, -0.25) is 0 Å². The first-order chi connectivity index (χ1) is 16.0. The highest BCUT2D eigenvalue weighted by Crippen LogP contribution is 2.30. The molecule has 2 fully saturated rings. The van der Waals surface area contributed by atoms with E-state index in [9.17, 15) is 55.9 Å². The summed E-state index contributed by atoms with van der Waals surface area (Å²) in [5.41, 5.74) is 0. The molecule has 0 radical (unpaired) electrons. The van der Waals surface area contributed by atoms with Crippen molar-refractivity contribution in [3.05, 3.63) is 0 Å². The van der Waals surface area contributed by atoms with E-state index in [1.807, 2.05) is 0 Å². The first-order valence-corrected chi connectivity index (χ1v) is 10.4. The lowest BCUT2D eigenvalue weighted by molar-refractivity contribution is -0.367. The van der Waals surface area contributed by atoms with Crippen LogP contribution in [0.3, 0.4) is 0 Å². The minimum atomic E-state index is -2.08. The molecule has 16 nitrogen and oxygen atoms in total. The first-order valence-electron chi connectivity index (χ1n) is 10.4. The number of hydrogen-bond acceptors (Lipinski definition) is 16. The number of aliphatic hydroxyl groups is 11. The molecule has 34 heavy (non-hydrogen) atoms. The van der Waals surface area contributed by atoms with Gasteiger partial charge < -0.3 is 79.9 Å². The van der Waals surface area contributed by atoms with Crippen LogP contribution in [0.2, 0.25) is 0 Å². The molecule has 0 unspecified atom stereocenters. The van der Waals surface area contributed by atoms with Crippen LogP contribution in [-0.2, 0) is 23.7 Å². The van der Waals surface area contributed by atoms with Gasteiger partial charge in [0.25, 0.3) is 0 Å². The SMILES string of the molecule is O=C[C@H](O)[C@@H](O)[C@H](O[C@@H]1O[C@H](CO)[C@H](O[C@H]2O[C@H](CO)[C@H](O)[C@H](O)[C@H]2O)[C@H](O)[C@H]1O)[C@H](O)CO. The summed E-state index contributed by atoms with van der Waals surface area (Å²) < 4.78 is 21.1. The number of carbonyl (C=O) groups is 1. The fourth-order valence-corrected chi connectivity index (χ4v) is 3.60. The zero-order chi connectivity index (χ0) is 25.7. The average molecular weight is 504 g/mol. The molecule has 0 aromatic rings. The van der Waals surface area contributed by atoms with Crippen molar-refractivity contribution < 1.29 is 79.9 Å². The monoisotopic (exact) mass is 504 g/mol. The Bertz CT molecular complexity index is 621. The van der Waals surface area contributed by atoms with E-state index in [4.69, 9.17) is 24.1 Å². The Morgan fingerprint density at radius 2 is 1.32 bits per heavy atom. The van der Waals surface area contributed by atoms with Crippen molar-refractivity contribution in [1.29, 1.82) is 0 Å². The van der Waals surface area contributed by atoms with Gasteiger partial charge in [0, 0.05) is 0 Å². The smallest absolute Gasteiger partial charge is 0.187 e. The van der Waals surface area contributed by atoms with Crippen LogP contribution < -0.4 is 0 Å². The van der Waals surface area contributed by atoms with Crippen LogP contribution in [0.5, 0.6) is 0 Å². The molecule has 2 saturated heterocycles. The van der Waals surface area contributed by atoms with Crippen LogP contribution >= 0.6 is 0 Å². The van der Waals surface area contributed by atoms with Crippen LogP contribution in [0.25, 0.3) is 0 Å². The van der Waals surface area contributed by atoms with Gasteiger partial charge in [0.15, 0.2) is 18.9 Å². The molecule has 0 spiro atoms. The Hall–Kier alpha value is -0.930. The van der Waals surface area contributed by atoms with Gasteiger partial charge in [-0.1, -0.05) is 0 Å². The Morgan fingerprint density at radius 1 is 0.765 bits per heavy atom. The van der Waals surface area contributed by atoms with E-state index in [1.54, 1.807) is 0 Å². The molecule has 200 valence electrons. The first kappa shape index (κ1) is 29.3. The molecule has 14 atom stereocenters. The van der Waals surface area contributed by atoms with Gasteiger partial charge in [-0.15, -0.1) is 0 Å². The quantitative estimate of drug-likeness (QED) is 0.117. The van der Waals surface area contributed by atoms with Crippen molar-refractivity contribution in [2.24, 2.45) is 0 Å². The molecule has 16 heteroatoms. The maximum atomic E-state index is 10.8. The molecule has 0 aliphatic carbocycles. The minimum Gasteiger partial charge on any atom is -0.394 e. The van der Waals surface area contributed by atoms with E-state index in [0.717, 1.165) is 0 Å². The van der Waals surface area contributed by atoms with E-state index in [-0.39, 0.29) is 6.29 Å². The lowest BCUT2D eigenvalue weighted by Crippen LogP contribution is -2.65. The van der Waals surface area contributed by atoms with Crippen LogP contribution in [0, 0.1) is 0 Å². The predicted octanol–water partition coefficient (Wildman–Crippen LogP) is -7.73. The zero-order valence-corrected chi connectivity index (χ0v) is 17.7. The standard InChI is InChI=1S/C18H32O16/c19-1-5(23)9(25)15(6(24)2-20)33-18-14(30)12(28)16(8(4-22)32-18)34-17-13(29)11(27)10(26)7(3-21)31-17/h1,5-18,20-30H,2-4H2/t5-,6+,7+,8+,9+,10-,11-,12+,13+,14+,15+,16-,17+,18-/m0/s1. The normalized spacial score (nSPS) is 42.6. The van der Waals surface area contributed by atoms with Gasteiger partial charge in [0.1, 0.15) is 73.2 Å². The Labute approximate surface area is 192 Å². The van der Waals surface area contributed by atoms with Gasteiger partial charge in [0.05, 0.1) is 19.8 Å². The number of ether oxygens (including phenoxy) is 4. The third kappa shape index (κ3) is 6.25. The van der Waals surface area contributed by atoms with E-state index in [1.165, 1.54) is 0 Å². The van der Waals surface area contributed by atoms with Gasteiger partial charge in [-0.05, 0) is 0 Å². The van der Waals surface area contributed by atoms with Crippen LogP contribution in [0.15, 0.2) is 0 Å². The molecule has 0 aromatic heterocycles. The maximum absolute atomic E-state index is 10.8. The van der Waals surface area contributed by atoms with Gasteiger partial charge in [-0.2, -0.15) is 0 Å². The van der Waals surface area contributed by atoms with Crippen molar-refractivity contribution in [2.75, 3.05) is 19.8 Å². The molecule has 0 aromatic carbocycles. The van der Waals surface area contributed by atoms with Gasteiger partial charge in [0.2, 0.25) is 0 Å². The van der Waals surface area contributed by atoms with Crippen LogP contribution in [0.4, 0.5) is 0 Å². The number of aldehydes is 1. The summed E-state index contributed by atoms with van der Waals surface area (Å²) in [6.07, 6.45) is -25.4. The highest BCUT2D eigenvalue weighted by Gasteiger charge is 2.51. The topological polar surface area (TPSA) is 277 Å². The third-order valence-electron chi connectivity index (χ3n) is 5.64. The van der Waals surface area contributed by atoms with Crippen molar-refractivity contribution in [2.45, 2.75) is 85.8 Å². The Balaban J connectivity index is 2.17. The Morgan fingerprint density at radius 3 is 1.85 bits per heavy atom. The summed E-state index contributed by atoms with van der Waals surface area (Å²) in [5, 5.41) is 108. The summed E-state index contributed by atoms with van der Waals surface area (Å²) in [6.45, 7) is -2.64. The highest BCUT2D eigenvalue weighted by atomic mass is 16.7. The molecule has 0 amide bonds. The average Bonchev–Trinajstić information content (AvgIpc) is 2.84. The second kappa shape index (κ2) is 12.9. The van der Waals surface area contributed by atoms with Crippen molar-refractivity contribution >= 4 is 6.29 Å². The summed E-state index contributed by atoms with van der Waals surface area (Å²) in [7, 11) is 0. The third-order valence-corrected chi connectivity index (χ3v) is 5.64. The minimum absolute atomic E-state index is 0.0704. The molecule has 0 bridgehead atoms. The highest BCUT2D eigenvalue weighted by molar-refractivity contribution is 5.56. The molecule has 2 aliphatic rings. The molecule has 2 rings (SSSR count). The second-order valence-corrected chi connectivity index (χ2v) is 7.97. The van der Waals surface area contributed by atoms with Gasteiger partial charge in [-0.25, -0.2) is 0 Å². The fraction of sp³-hybridized carbons (Fsp3) is 0.944. The molecular formula is C18H32O16. The number of aliphatic hydroxyl groups excluding tert-OH is 11. The molecule has 0 saturated carbocycles. The molecule has 2 aliphatic heterocycles. The summed E-state index contributed by atoms with van der Waals surface area (Å²) in [4.78, 5) is 10.8. The summed E-state index contributed by atoms with van der Waals surface area (Å²) in [6, 6.07) is 0. The molecule has 11 N–H and O–H groups in total.